The van der Waals surface area contributed by atoms with Gasteiger partial charge in [-0.1, -0.05) is 35.5 Å². The minimum Gasteiger partial charge on any atom is -0.490 e. The average molecular weight is 611 g/mol. The fourth-order valence-corrected chi connectivity index (χ4v) is 4.55. The third kappa shape index (κ3) is 8.14. The molecule has 0 bridgehead atoms. The van der Waals surface area contributed by atoms with Crippen molar-refractivity contribution in [3.63, 3.8) is 0 Å². The number of hydrogen-bond donors (Lipinski definition) is 1. The van der Waals surface area contributed by atoms with Gasteiger partial charge in [-0.3, -0.25) is 4.79 Å². The largest absolute Gasteiger partial charge is 0.490 e. The van der Waals surface area contributed by atoms with Crippen molar-refractivity contribution >= 4 is 58.1 Å². The van der Waals surface area contributed by atoms with Crippen LogP contribution in [0.15, 0.2) is 52.7 Å². The summed E-state index contributed by atoms with van der Waals surface area (Å²) < 4.78 is 12.7. The van der Waals surface area contributed by atoms with Crippen molar-refractivity contribution in [2.75, 3.05) is 12.4 Å². The van der Waals surface area contributed by atoms with E-state index in [-0.39, 0.29) is 11.7 Å². The molecular weight excluding hydrogens is 587 g/mol. The first-order valence-corrected chi connectivity index (χ1v) is 12.9. The molecule has 0 fully saturated rings. The van der Waals surface area contributed by atoms with Gasteiger partial charge in [0.2, 0.25) is 0 Å². The molecule has 0 saturated heterocycles. The Morgan fingerprint density at radius 2 is 1.85 bits per heavy atom. The summed E-state index contributed by atoms with van der Waals surface area (Å²) in [4.78, 5) is 20.8. The van der Waals surface area contributed by atoms with Gasteiger partial charge in [0.05, 0.1) is 22.1 Å². The number of ether oxygens (including phenoxy) is 2. The topological polar surface area (TPSA) is 85.7 Å². The summed E-state index contributed by atoms with van der Waals surface area (Å²) in [5, 5.41) is 5.32. The van der Waals surface area contributed by atoms with Crippen LogP contribution < -0.4 is 14.9 Å². The van der Waals surface area contributed by atoms with E-state index < -0.39 is 0 Å². The van der Waals surface area contributed by atoms with E-state index in [2.05, 4.69) is 43.1 Å². The summed E-state index contributed by atoms with van der Waals surface area (Å²) in [7, 11) is 0. The Labute approximate surface area is 221 Å². The minimum atomic E-state index is -0.244. The average Bonchev–Trinajstić information content (AvgIpc) is 2.78. The molecule has 0 unspecified atom stereocenters. The molecule has 0 atom stereocenters. The van der Waals surface area contributed by atoms with Crippen molar-refractivity contribution in [3.05, 3.63) is 73.6 Å². The lowest BCUT2D eigenvalue weighted by Crippen LogP contribution is -2.19. The van der Waals surface area contributed by atoms with Gasteiger partial charge in [0.25, 0.3) is 5.91 Å². The van der Waals surface area contributed by atoms with E-state index >= 15 is 0 Å². The van der Waals surface area contributed by atoms with Crippen LogP contribution >= 0.6 is 46.0 Å². The molecule has 10 heteroatoms. The molecule has 0 radical (unpaired) electrons. The van der Waals surface area contributed by atoms with Crippen LogP contribution in [0.5, 0.6) is 11.5 Å². The van der Waals surface area contributed by atoms with E-state index in [1.54, 1.807) is 6.21 Å². The predicted molar refractivity (Wildman–Crippen MR) is 144 cm³/mol. The number of halogens is 2. The SMILES string of the molecule is CCOc1cc(/C=N\NC(=O)CSc2nc(C)cc(C)n2)cc(I)c1OCc1ccc(Cl)cc1. The summed E-state index contributed by atoms with van der Waals surface area (Å²) in [6.45, 7) is 6.58. The first-order valence-electron chi connectivity index (χ1n) is 10.4. The van der Waals surface area contributed by atoms with E-state index in [4.69, 9.17) is 21.1 Å². The van der Waals surface area contributed by atoms with Crippen LogP contribution in [0, 0.1) is 17.4 Å². The quantitative estimate of drug-likeness (QED) is 0.106. The van der Waals surface area contributed by atoms with Crippen molar-refractivity contribution in [3.8, 4) is 11.5 Å². The van der Waals surface area contributed by atoms with Crippen molar-refractivity contribution in [2.45, 2.75) is 32.5 Å². The molecule has 0 aliphatic rings. The molecule has 1 amide bonds. The van der Waals surface area contributed by atoms with Crippen LogP contribution in [0.2, 0.25) is 5.02 Å². The van der Waals surface area contributed by atoms with Gasteiger partial charge in [0.15, 0.2) is 16.7 Å². The van der Waals surface area contributed by atoms with Crippen molar-refractivity contribution < 1.29 is 14.3 Å². The number of hydrogen-bond acceptors (Lipinski definition) is 7. The fraction of sp³-hybridized carbons (Fsp3) is 0.250. The Hall–Kier alpha value is -2.37. The maximum Gasteiger partial charge on any atom is 0.250 e. The zero-order valence-electron chi connectivity index (χ0n) is 19.0. The molecule has 0 saturated carbocycles. The second-order valence-corrected chi connectivity index (χ2v) is 9.73. The molecule has 0 spiro atoms. The van der Waals surface area contributed by atoms with Gasteiger partial charge in [0.1, 0.15) is 6.61 Å². The van der Waals surface area contributed by atoms with E-state index in [9.17, 15) is 4.79 Å². The Morgan fingerprint density at radius 1 is 1.15 bits per heavy atom. The van der Waals surface area contributed by atoms with E-state index in [0.717, 1.165) is 26.1 Å². The molecule has 0 aliphatic heterocycles. The smallest absolute Gasteiger partial charge is 0.250 e. The number of hydrazone groups is 1. The Balaban J connectivity index is 1.61. The Bertz CT molecular complexity index is 1160. The number of benzene rings is 2. The first-order chi connectivity index (χ1) is 16.3. The Kier molecular flexibility index (Phi) is 9.97. The molecule has 1 heterocycles. The highest BCUT2D eigenvalue weighted by atomic mass is 127. The number of amides is 1. The highest BCUT2D eigenvalue weighted by Crippen LogP contribution is 2.34. The van der Waals surface area contributed by atoms with Gasteiger partial charge >= 0.3 is 0 Å². The zero-order valence-corrected chi connectivity index (χ0v) is 22.7. The monoisotopic (exact) mass is 610 g/mol. The lowest BCUT2D eigenvalue weighted by Gasteiger charge is -2.14. The van der Waals surface area contributed by atoms with Gasteiger partial charge < -0.3 is 9.47 Å². The molecule has 178 valence electrons. The highest BCUT2D eigenvalue weighted by Gasteiger charge is 2.12. The number of carbonyl (C=O) groups is 1. The van der Waals surface area contributed by atoms with Crippen molar-refractivity contribution in [2.24, 2.45) is 5.10 Å². The van der Waals surface area contributed by atoms with Gasteiger partial charge in [0, 0.05) is 16.4 Å². The molecule has 3 rings (SSSR count). The highest BCUT2D eigenvalue weighted by molar-refractivity contribution is 14.1. The zero-order chi connectivity index (χ0) is 24.5. The standard InChI is InChI=1S/C24H24ClIN4O3S/c1-4-32-21-11-18(10-20(26)23(21)33-13-17-5-7-19(25)8-6-17)12-27-30-22(31)14-34-24-28-15(2)9-16(3)29-24/h5-12H,4,13-14H2,1-3H3,(H,30,31)/b27-12-. The van der Waals surface area contributed by atoms with Gasteiger partial charge in [-0.05, 0) is 84.8 Å². The van der Waals surface area contributed by atoms with Crippen LogP contribution in [-0.2, 0) is 11.4 Å². The maximum absolute atomic E-state index is 12.2. The molecule has 3 aromatic rings. The summed E-state index contributed by atoms with van der Waals surface area (Å²) in [5.41, 5.74) is 6.05. The molecule has 0 aliphatic carbocycles. The number of thioether (sulfide) groups is 1. The van der Waals surface area contributed by atoms with Crippen molar-refractivity contribution in [1.82, 2.24) is 15.4 Å². The number of rotatable bonds is 10. The summed E-state index contributed by atoms with van der Waals surface area (Å²) in [6, 6.07) is 13.1. The van der Waals surface area contributed by atoms with Crippen LogP contribution in [-0.4, -0.2) is 34.4 Å². The van der Waals surface area contributed by atoms with E-state index in [0.29, 0.717) is 34.9 Å². The lowest BCUT2D eigenvalue weighted by molar-refractivity contribution is -0.118. The lowest BCUT2D eigenvalue weighted by atomic mass is 10.2. The number of nitrogens with one attached hydrogen (secondary N) is 1. The molecular formula is C24H24ClIN4O3S. The second-order valence-electron chi connectivity index (χ2n) is 7.19. The van der Waals surface area contributed by atoms with Gasteiger partial charge in [-0.25, -0.2) is 15.4 Å². The summed E-state index contributed by atoms with van der Waals surface area (Å²) in [5.74, 6) is 1.19. The Morgan fingerprint density at radius 3 is 2.53 bits per heavy atom. The normalized spacial score (nSPS) is 11.0. The number of carbonyl (C=O) groups excluding carboxylic acids is 1. The van der Waals surface area contributed by atoms with Crippen LogP contribution in [0.4, 0.5) is 0 Å². The number of aryl methyl sites for hydroxylation is 2. The van der Waals surface area contributed by atoms with Gasteiger partial charge in [-0.2, -0.15) is 5.10 Å². The van der Waals surface area contributed by atoms with E-state index in [1.165, 1.54) is 11.8 Å². The maximum atomic E-state index is 12.2. The molecule has 2 aromatic carbocycles. The van der Waals surface area contributed by atoms with Gasteiger partial charge in [-0.15, -0.1) is 0 Å². The van der Waals surface area contributed by atoms with Crippen LogP contribution in [0.3, 0.4) is 0 Å². The van der Waals surface area contributed by atoms with Crippen LogP contribution in [0.25, 0.3) is 0 Å². The van der Waals surface area contributed by atoms with E-state index in [1.807, 2.05) is 63.2 Å². The summed E-state index contributed by atoms with van der Waals surface area (Å²) in [6.07, 6.45) is 1.57. The number of aromatic nitrogens is 2. The molecule has 7 nitrogen and oxygen atoms in total. The third-order valence-electron chi connectivity index (χ3n) is 4.33. The summed E-state index contributed by atoms with van der Waals surface area (Å²) >= 11 is 9.41. The van der Waals surface area contributed by atoms with Crippen molar-refractivity contribution in [1.29, 1.82) is 0 Å². The fourth-order valence-electron chi connectivity index (χ4n) is 2.90. The number of nitrogens with zero attached hydrogens (tertiary/aromatic N) is 3. The second kappa shape index (κ2) is 12.9. The molecule has 1 N–H and O–H groups in total. The van der Waals surface area contributed by atoms with Crippen LogP contribution in [0.1, 0.15) is 29.4 Å². The third-order valence-corrected chi connectivity index (χ3v) is 6.23. The molecule has 34 heavy (non-hydrogen) atoms. The minimum absolute atomic E-state index is 0.166. The molecule has 1 aromatic heterocycles. The first kappa shape index (κ1) is 26.2. The predicted octanol–water partition coefficient (Wildman–Crippen LogP) is 5.57.